The minimum Gasteiger partial charge on any atom is -0.337 e. The van der Waals surface area contributed by atoms with E-state index in [1.54, 1.807) is 36.5 Å². The quantitative estimate of drug-likeness (QED) is 0.906. The van der Waals surface area contributed by atoms with Gasteiger partial charge in [0.15, 0.2) is 0 Å². The number of pyridine rings is 1. The van der Waals surface area contributed by atoms with Crippen molar-refractivity contribution in [1.82, 2.24) is 9.88 Å². The van der Waals surface area contributed by atoms with Crippen LogP contribution in [0.15, 0.2) is 48.8 Å². The van der Waals surface area contributed by atoms with Gasteiger partial charge in [-0.3, -0.25) is 9.78 Å². The van der Waals surface area contributed by atoms with Gasteiger partial charge in [-0.2, -0.15) is 0 Å². The van der Waals surface area contributed by atoms with E-state index in [4.69, 9.17) is 5.73 Å². The van der Waals surface area contributed by atoms with Gasteiger partial charge in [0, 0.05) is 32.5 Å². The van der Waals surface area contributed by atoms with Crippen molar-refractivity contribution in [3.05, 3.63) is 65.5 Å². The second-order valence-corrected chi connectivity index (χ2v) is 4.38. The van der Waals surface area contributed by atoms with E-state index in [-0.39, 0.29) is 5.91 Å². The maximum absolute atomic E-state index is 12.2. The van der Waals surface area contributed by atoms with Gasteiger partial charge in [0.1, 0.15) is 0 Å². The van der Waals surface area contributed by atoms with Gasteiger partial charge in [-0.25, -0.2) is 0 Å². The van der Waals surface area contributed by atoms with Gasteiger partial charge in [-0.05, 0) is 23.3 Å². The summed E-state index contributed by atoms with van der Waals surface area (Å²) < 4.78 is 0. The van der Waals surface area contributed by atoms with Crippen LogP contribution in [0.3, 0.4) is 0 Å². The van der Waals surface area contributed by atoms with Crippen LogP contribution in [-0.2, 0) is 13.1 Å². The van der Waals surface area contributed by atoms with Crippen molar-refractivity contribution in [2.45, 2.75) is 13.1 Å². The van der Waals surface area contributed by atoms with E-state index in [1.807, 2.05) is 24.3 Å². The number of hydrogen-bond donors (Lipinski definition) is 1. The first-order valence-electron chi connectivity index (χ1n) is 6.14. The monoisotopic (exact) mass is 255 g/mol. The molecule has 98 valence electrons. The summed E-state index contributed by atoms with van der Waals surface area (Å²) in [5.74, 6) is -0.0417. The van der Waals surface area contributed by atoms with Crippen LogP contribution in [0.2, 0.25) is 0 Å². The highest BCUT2D eigenvalue weighted by atomic mass is 16.2. The number of nitrogens with two attached hydrogens (primary N) is 1. The molecule has 0 unspecified atom stereocenters. The Morgan fingerprint density at radius 1 is 1.21 bits per heavy atom. The Labute approximate surface area is 112 Å². The summed E-state index contributed by atoms with van der Waals surface area (Å²) in [6.07, 6.45) is 3.23. The fourth-order valence-corrected chi connectivity index (χ4v) is 1.95. The Balaban J connectivity index is 2.13. The van der Waals surface area contributed by atoms with Crippen LogP contribution < -0.4 is 5.73 Å². The molecule has 0 aliphatic carbocycles. The summed E-state index contributed by atoms with van der Waals surface area (Å²) in [6, 6.07) is 11.4. The van der Waals surface area contributed by atoms with E-state index >= 15 is 0 Å². The lowest BCUT2D eigenvalue weighted by molar-refractivity contribution is 0.0784. The highest BCUT2D eigenvalue weighted by Crippen LogP contribution is 2.12. The molecule has 4 heteroatoms. The molecule has 19 heavy (non-hydrogen) atoms. The molecule has 0 radical (unpaired) electrons. The van der Waals surface area contributed by atoms with Crippen molar-refractivity contribution >= 4 is 5.91 Å². The molecule has 2 N–H and O–H groups in total. The van der Waals surface area contributed by atoms with Gasteiger partial charge >= 0.3 is 0 Å². The molecule has 1 amide bonds. The molecule has 2 aromatic rings. The Bertz CT molecular complexity index is 554. The van der Waals surface area contributed by atoms with Crippen LogP contribution in [0.4, 0.5) is 0 Å². The molecule has 1 aromatic carbocycles. The predicted molar refractivity (Wildman–Crippen MR) is 74.4 cm³/mol. The second-order valence-electron chi connectivity index (χ2n) is 4.38. The maximum Gasteiger partial charge on any atom is 0.255 e. The summed E-state index contributed by atoms with van der Waals surface area (Å²) in [6.45, 7) is 1.02. The third kappa shape index (κ3) is 3.17. The average Bonchev–Trinajstić information content (AvgIpc) is 2.48. The van der Waals surface area contributed by atoms with Gasteiger partial charge in [0.25, 0.3) is 5.91 Å². The van der Waals surface area contributed by atoms with Crippen molar-refractivity contribution in [3.63, 3.8) is 0 Å². The zero-order valence-corrected chi connectivity index (χ0v) is 10.9. The molecule has 1 aromatic heterocycles. The third-order valence-electron chi connectivity index (χ3n) is 3.00. The standard InChI is InChI=1S/C15H17N3O/c1-18(15(19)13-7-4-8-17-10-13)11-14-6-3-2-5-12(14)9-16/h2-8,10H,9,11,16H2,1H3. The van der Waals surface area contributed by atoms with Crippen LogP contribution >= 0.6 is 0 Å². The first-order chi connectivity index (χ1) is 9.22. The normalized spacial score (nSPS) is 10.2. The van der Waals surface area contributed by atoms with Crippen molar-refractivity contribution in [1.29, 1.82) is 0 Å². The van der Waals surface area contributed by atoms with Gasteiger partial charge < -0.3 is 10.6 Å². The van der Waals surface area contributed by atoms with Crippen LogP contribution in [0.5, 0.6) is 0 Å². The smallest absolute Gasteiger partial charge is 0.255 e. The van der Waals surface area contributed by atoms with Crippen molar-refractivity contribution in [3.8, 4) is 0 Å². The number of benzene rings is 1. The summed E-state index contributed by atoms with van der Waals surface area (Å²) in [7, 11) is 1.78. The number of aromatic nitrogens is 1. The lowest BCUT2D eigenvalue weighted by Crippen LogP contribution is -2.27. The molecule has 0 spiro atoms. The molecule has 0 aliphatic rings. The van der Waals surface area contributed by atoms with E-state index < -0.39 is 0 Å². The fourth-order valence-electron chi connectivity index (χ4n) is 1.95. The molecular formula is C15H17N3O. The molecule has 0 atom stereocenters. The minimum absolute atomic E-state index is 0.0417. The molecular weight excluding hydrogens is 238 g/mol. The Kier molecular flexibility index (Phi) is 4.26. The predicted octanol–water partition coefficient (Wildman–Crippen LogP) is 1.81. The largest absolute Gasteiger partial charge is 0.337 e. The molecule has 1 heterocycles. The topological polar surface area (TPSA) is 59.2 Å². The van der Waals surface area contributed by atoms with Crippen molar-refractivity contribution in [2.24, 2.45) is 5.73 Å². The van der Waals surface area contributed by atoms with Gasteiger partial charge in [0.05, 0.1) is 5.56 Å². The SMILES string of the molecule is CN(Cc1ccccc1CN)C(=O)c1cccnc1. The zero-order valence-electron chi connectivity index (χ0n) is 10.9. The molecule has 4 nitrogen and oxygen atoms in total. The van der Waals surface area contributed by atoms with Crippen LogP contribution in [-0.4, -0.2) is 22.8 Å². The summed E-state index contributed by atoms with van der Waals surface area (Å²) in [5, 5.41) is 0. The zero-order chi connectivity index (χ0) is 13.7. The van der Waals surface area contributed by atoms with Gasteiger partial charge in [-0.15, -0.1) is 0 Å². The number of hydrogen-bond acceptors (Lipinski definition) is 3. The Hall–Kier alpha value is -2.20. The van der Waals surface area contributed by atoms with Gasteiger partial charge in [-0.1, -0.05) is 24.3 Å². The molecule has 0 saturated heterocycles. The van der Waals surface area contributed by atoms with Crippen molar-refractivity contribution < 1.29 is 4.79 Å². The van der Waals surface area contributed by atoms with Crippen LogP contribution in [0.1, 0.15) is 21.5 Å². The van der Waals surface area contributed by atoms with E-state index in [2.05, 4.69) is 4.98 Å². The first kappa shape index (κ1) is 13.2. The number of carbonyl (C=O) groups excluding carboxylic acids is 1. The lowest BCUT2D eigenvalue weighted by Gasteiger charge is -2.18. The molecule has 0 aliphatic heterocycles. The van der Waals surface area contributed by atoms with E-state index in [9.17, 15) is 4.79 Å². The Morgan fingerprint density at radius 2 is 1.95 bits per heavy atom. The number of carbonyl (C=O) groups is 1. The number of rotatable bonds is 4. The van der Waals surface area contributed by atoms with Crippen LogP contribution in [0.25, 0.3) is 0 Å². The molecule has 2 rings (SSSR count). The number of nitrogens with zero attached hydrogens (tertiary/aromatic N) is 2. The minimum atomic E-state index is -0.0417. The third-order valence-corrected chi connectivity index (χ3v) is 3.00. The highest BCUT2D eigenvalue weighted by molar-refractivity contribution is 5.93. The molecule has 0 bridgehead atoms. The lowest BCUT2D eigenvalue weighted by atomic mass is 10.1. The van der Waals surface area contributed by atoms with Gasteiger partial charge in [0.2, 0.25) is 0 Å². The Morgan fingerprint density at radius 3 is 2.58 bits per heavy atom. The number of amides is 1. The van der Waals surface area contributed by atoms with E-state index in [0.717, 1.165) is 11.1 Å². The summed E-state index contributed by atoms with van der Waals surface area (Å²) >= 11 is 0. The maximum atomic E-state index is 12.2. The average molecular weight is 255 g/mol. The fraction of sp³-hybridized carbons (Fsp3) is 0.200. The first-order valence-corrected chi connectivity index (χ1v) is 6.14. The summed E-state index contributed by atoms with van der Waals surface area (Å²) in [4.78, 5) is 17.8. The molecule has 0 fully saturated rings. The van der Waals surface area contributed by atoms with E-state index in [0.29, 0.717) is 18.7 Å². The van der Waals surface area contributed by atoms with Crippen LogP contribution in [0, 0.1) is 0 Å². The second kappa shape index (κ2) is 6.11. The van der Waals surface area contributed by atoms with E-state index in [1.165, 1.54) is 0 Å². The van der Waals surface area contributed by atoms with Crippen molar-refractivity contribution in [2.75, 3.05) is 7.05 Å². The molecule has 0 saturated carbocycles. The summed E-state index contributed by atoms with van der Waals surface area (Å²) in [5.41, 5.74) is 8.43. The highest BCUT2D eigenvalue weighted by Gasteiger charge is 2.13.